The van der Waals surface area contributed by atoms with Gasteiger partial charge in [0.25, 0.3) is 0 Å². The first kappa shape index (κ1) is 8.02. The van der Waals surface area contributed by atoms with E-state index in [9.17, 15) is 0 Å². The van der Waals surface area contributed by atoms with E-state index in [1.54, 1.807) is 0 Å². The van der Waals surface area contributed by atoms with E-state index in [2.05, 4.69) is 6.92 Å². The van der Waals surface area contributed by atoms with E-state index in [0.29, 0.717) is 6.61 Å². The Bertz CT molecular complexity index is 103. The lowest BCUT2D eigenvalue weighted by Gasteiger charge is -2.14. The maximum absolute atomic E-state index is 5.74. The predicted molar refractivity (Wildman–Crippen MR) is 38.4 cm³/mol. The first-order valence-electron chi connectivity index (χ1n) is 3.76. The molecule has 0 aromatic rings. The summed E-state index contributed by atoms with van der Waals surface area (Å²) in [6.07, 6.45) is 0.989. The molecule has 3 unspecified atom stereocenters. The summed E-state index contributed by atoms with van der Waals surface area (Å²) >= 11 is 0. The summed E-state index contributed by atoms with van der Waals surface area (Å²) < 4.78 is 10.6. The maximum atomic E-state index is 5.74. The standard InChI is InChI=1S/C8H14O2/c1-4-6(2)8-5-9-7(3)10-8/h2,6-8H,4-5H2,1,3H3. The van der Waals surface area contributed by atoms with Gasteiger partial charge in [-0.1, -0.05) is 13.3 Å². The van der Waals surface area contributed by atoms with Crippen LogP contribution in [0.1, 0.15) is 20.3 Å². The van der Waals surface area contributed by atoms with Crippen molar-refractivity contribution in [2.75, 3.05) is 6.61 Å². The zero-order valence-electron chi connectivity index (χ0n) is 6.54. The molecule has 58 valence electrons. The highest BCUT2D eigenvalue weighted by Crippen LogP contribution is 2.19. The summed E-state index contributed by atoms with van der Waals surface area (Å²) in [5.41, 5.74) is 0. The Labute approximate surface area is 62.5 Å². The van der Waals surface area contributed by atoms with Crippen LogP contribution in [-0.2, 0) is 9.47 Å². The molecule has 0 spiro atoms. The second kappa shape index (κ2) is 3.35. The van der Waals surface area contributed by atoms with Gasteiger partial charge in [0.1, 0.15) is 0 Å². The molecule has 0 aromatic carbocycles. The Morgan fingerprint density at radius 1 is 1.70 bits per heavy atom. The molecule has 0 N–H and O–H groups in total. The molecule has 10 heavy (non-hydrogen) atoms. The van der Waals surface area contributed by atoms with E-state index in [4.69, 9.17) is 16.4 Å². The van der Waals surface area contributed by atoms with Gasteiger partial charge in [0, 0.05) is 0 Å². The molecule has 0 saturated carbocycles. The average Bonchev–Trinajstić information content (AvgIpc) is 2.34. The molecular formula is C8H14O2. The van der Waals surface area contributed by atoms with E-state index >= 15 is 0 Å². The topological polar surface area (TPSA) is 18.5 Å². The summed E-state index contributed by atoms with van der Waals surface area (Å²) in [5, 5.41) is 0. The largest absolute Gasteiger partial charge is 0.350 e. The maximum Gasteiger partial charge on any atom is 0.155 e. The molecular weight excluding hydrogens is 128 g/mol. The van der Waals surface area contributed by atoms with Crippen molar-refractivity contribution in [3.63, 3.8) is 0 Å². The predicted octanol–water partition coefficient (Wildman–Crippen LogP) is 1.49. The third kappa shape index (κ3) is 1.70. The van der Waals surface area contributed by atoms with E-state index in [-0.39, 0.29) is 18.3 Å². The molecule has 1 aliphatic heterocycles. The van der Waals surface area contributed by atoms with Crippen molar-refractivity contribution < 1.29 is 9.47 Å². The van der Waals surface area contributed by atoms with Crippen molar-refractivity contribution in [1.29, 1.82) is 0 Å². The lowest BCUT2D eigenvalue weighted by Crippen LogP contribution is -2.20. The molecule has 0 amide bonds. The van der Waals surface area contributed by atoms with Crippen LogP contribution < -0.4 is 0 Å². The molecule has 3 atom stereocenters. The molecule has 2 heteroatoms. The molecule has 1 fully saturated rings. The average molecular weight is 142 g/mol. The van der Waals surface area contributed by atoms with E-state index < -0.39 is 0 Å². The third-order valence-corrected chi connectivity index (χ3v) is 1.81. The van der Waals surface area contributed by atoms with Gasteiger partial charge in [-0.2, -0.15) is 0 Å². The summed E-state index contributed by atoms with van der Waals surface area (Å²) in [5.74, 6) is 0.130. The second-order valence-corrected chi connectivity index (χ2v) is 2.65. The van der Waals surface area contributed by atoms with Crippen molar-refractivity contribution in [3.8, 4) is 0 Å². The second-order valence-electron chi connectivity index (χ2n) is 2.65. The minimum Gasteiger partial charge on any atom is -0.350 e. The minimum absolute atomic E-state index is 0.0670. The van der Waals surface area contributed by atoms with Crippen LogP contribution in [0.2, 0.25) is 0 Å². The molecule has 2 nitrogen and oxygen atoms in total. The van der Waals surface area contributed by atoms with E-state index in [1.807, 2.05) is 6.92 Å². The van der Waals surface area contributed by atoms with Gasteiger partial charge in [0.2, 0.25) is 0 Å². The van der Waals surface area contributed by atoms with Gasteiger partial charge in [0.15, 0.2) is 6.29 Å². The smallest absolute Gasteiger partial charge is 0.155 e. The van der Waals surface area contributed by atoms with Crippen LogP contribution in [0.5, 0.6) is 0 Å². The molecule has 2 radical (unpaired) electrons. The molecule has 0 aliphatic carbocycles. The Kier molecular flexibility index (Phi) is 2.69. The Balaban J connectivity index is 2.29. The molecule has 0 aromatic heterocycles. The summed E-state index contributed by atoms with van der Waals surface area (Å²) in [6, 6.07) is 0. The van der Waals surface area contributed by atoms with Crippen LogP contribution in [0.15, 0.2) is 0 Å². The van der Waals surface area contributed by atoms with Crippen molar-refractivity contribution in [3.05, 3.63) is 6.92 Å². The Hall–Kier alpha value is -0.0800. The zero-order chi connectivity index (χ0) is 7.56. The number of rotatable bonds is 2. The Morgan fingerprint density at radius 2 is 2.40 bits per heavy atom. The molecule has 1 rings (SSSR count). The first-order chi connectivity index (χ1) is 4.74. The van der Waals surface area contributed by atoms with Crippen LogP contribution in [0, 0.1) is 12.8 Å². The highest BCUT2D eigenvalue weighted by atomic mass is 16.7. The SMILES string of the molecule is [CH]C(CC)C1COC(C)O1. The molecule has 0 bridgehead atoms. The fourth-order valence-corrected chi connectivity index (χ4v) is 1.04. The van der Waals surface area contributed by atoms with Crippen LogP contribution in [0.4, 0.5) is 0 Å². The summed E-state index contributed by atoms with van der Waals surface area (Å²) in [7, 11) is 0. The fourth-order valence-electron chi connectivity index (χ4n) is 1.04. The van der Waals surface area contributed by atoms with Gasteiger partial charge in [-0.3, -0.25) is 0 Å². The van der Waals surface area contributed by atoms with Gasteiger partial charge >= 0.3 is 0 Å². The fraction of sp³-hybridized carbons (Fsp3) is 0.875. The molecule has 1 heterocycles. The van der Waals surface area contributed by atoms with Gasteiger partial charge in [0.05, 0.1) is 12.7 Å². The Morgan fingerprint density at radius 3 is 2.80 bits per heavy atom. The van der Waals surface area contributed by atoms with Gasteiger partial charge in [-0.15, -0.1) is 0 Å². The summed E-state index contributed by atoms with van der Waals surface area (Å²) in [6.45, 7) is 10.3. The quantitative estimate of drug-likeness (QED) is 0.581. The van der Waals surface area contributed by atoms with Crippen molar-refractivity contribution in [2.24, 2.45) is 5.92 Å². The molecule has 1 aliphatic rings. The number of hydrogen-bond acceptors (Lipinski definition) is 2. The van der Waals surface area contributed by atoms with Crippen molar-refractivity contribution in [1.82, 2.24) is 0 Å². The molecule has 1 saturated heterocycles. The first-order valence-corrected chi connectivity index (χ1v) is 3.76. The summed E-state index contributed by atoms with van der Waals surface area (Å²) in [4.78, 5) is 0. The van der Waals surface area contributed by atoms with Crippen LogP contribution in [0.3, 0.4) is 0 Å². The van der Waals surface area contributed by atoms with E-state index in [1.165, 1.54) is 0 Å². The van der Waals surface area contributed by atoms with Gasteiger partial charge < -0.3 is 9.47 Å². The van der Waals surface area contributed by atoms with Crippen LogP contribution in [-0.4, -0.2) is 19.0 Å². The number of ether oxygens (including phenoxy) is 2. The highest BCUT2D eigenvalue weighted by molar-refractivity contribution is 4.74. The lowest BCUT2D eigenvalue weighted by molar-refractivity contribution is -0.0492. The van der Waals surface area contributed by atoms with Gasteiger partial charge in [-0.05, 0) is 19.8 Å². The van der Waals surface area contributed by atoms with Gasteiger partial charge in [-0.25, -0.2) is 0 Å². The normalized spacial score (nSPS) is 36.3. The van der Waals surface area contributed by atoms with Crippen molar-refractivity contribution in [2.45, 2.75) is 32.7 Å². The highest BCUT2D eigenvalue weighted by Gasteiger charge is 2.26. The van der Waals surface area contributed by atoms with E-state index in [0.717, 1.165) is 6.42 Å². The number of hydrogen-bond donors (Lipinski definition) is 0. The zero-order valence-corrected chi connectivity index (χ0v) is 6.54. The van der Waals surface area contributed by atoms with Crippen LogP contribution in [0.25, 0.3) is 0 Å². The third-order valence-electron chi connectivity index (χ3n) is 1.81. The van der Waals surface area contributed by atoms with Crippen LogP contribution >= 0.6 is 0 Å². The van der Waals surface area contributed by atoms with Crippen molar-refractivity contribution >= 4 is 0 Å². The monoisotopic (exact) mass is 142 g/mol. The lowest BCUT2D eigenvalue weighted by atomic mass is 10.0. The minimum atomic E-state index is -0.0670.